The van der Waals surface area contributed by atoms with E-state index in [1.807, 2.05) is 21.0 Å². The van der Waals surface area contributed by atoms with Crippen LogP contribution in [0, 0.1) is 0 Å². The highest BCUT2D eigenvalue weighted by molar-refractivity contribution is 5.82. The number of hydrogen-bond donors (Lipinski definition) is 1. The quantitative estimate of drug-likeness (QED) is 0.390. The average Bonchev–Trinajstić information content (AvgIpc) is 2.12. The van der Waals surface area contributed by atoms with Crippen LogP contribution < -0.4 is 5.32 Å². The SMILES string of the molecule is CCOC(=O)/C=C(\C)NCCCN(C)C. The van der Waals surface area contributed by atoms with Crippen LogP contribution in [0.15, 0.2) is 11.8 Å². The number of rotatable bonds is 7. The summed E-state index contributed by atoms with van der Waals surface area (Å²) in [5.74, 6) is -0.282. The Bertz CT molecular complexity index is 213. The first kappa shape index (κ1) is 14.0. The average molecular weight is 214 g/mol. The molecule has 0 aliphatic carbocycles. The molecule has 0 aliphatic rings. The van der Waals surface area contributed by atoms with Crippen molar-refractivity contribution in [3.63, 3.8) is 0 Å². The summed E-state index contributed by atoms with van der Waals surface area (Å²) in [5, 5.41) is 3.16. The molecule has 0 saturated carbocycles. The lowest BCUT2D eigenvalue weighted by Gasteiger charge is -2.10. The fourth-order valence-corrected chi connectivity index (χ4v) is 1.09. The summed E-state index contributed by atoms with van der Waals surface area (Å²) in [6, 6.07) is 0. The number of allylic oxidation sites excluding steroid dienone is 1. The summed E-state index contributed by atoms with van der Waals surface area (Å²) in [7, 11) is 4.09. The van der Waals surface area contributed by atoms with Crippen molar-refractivity contribution in [1.29, 1.82) is 0 Å². The molecule has 0 aromatic rings. The van der Waals surface area contributed by atoms with Gasteiger partial charge in [0, 0.05) is 18.3 Å². The fraction of sp³-hybridized carbons (Fsp3) is 0.727. The van der Waals surface area contributed by atoms with Gasteiger partial charge in [-0.15, -0.1) is 0 Å². The highest BCUT2D eigenvalue weighted by Gasteiger charge is 1.97. The van der Waals surface area contributed by atoms with E-state index in [0.29, 0.717) is 6.61 Å². The van der Waals surface area contributed by atoms with Crippen LogP contribution in [0.4, 0.5) is 0 Å². The molecule has 0 aromatic carbocycles. The number of nitrogens with one attached hydrogen (secondary N) is 1. The van der Waals surface area contributed by atoms with E-state index in [9.17, 15) is 4.79 Å². The Balaban J connectivity index is 3.63. The Labute approximate surface area is 92.3 Å². The minimum atomic E-state index is -0.282. The molecule has 0 unspecified atom stereocenters. The van der Waals surface area contributed by atoms with E-state index in [4.69, 9.17) is 4.74 Å². The van der Waals surface area contributed by atoms with Gasteiger partial charge >= 0.3 is 5.97 Å². The molecule has 0 bridgehead atoms. The van der Waals surface area contributed by atoms with Gasteiger partial charge in [0.2, 0.25) is 0 Å². The lowest BCUT2D eigenvalue weighted by atomic mass is 10.3. The topological polar surface area (TPSA) is 41.6 Å². The number of carbonyl (C=O) groups excluding carboxylic acids is 1. The van der Waals surface area contributed by atoms with Crippen molar-refractivity contribution < 1.29 is 9.53 Å². The molecule has 15 heavy (non-hydrogen) atoms. The van der Waals surface area contributed by atoms with Gasteiger partial charge in [0.15, 0.2) is 0 Å². The highest BCUT2D eigenvalue weighted by Crippen LogP contribution is 1.90. The van der Waals surface area contributed by atoms with Crippen LogP contribution in [0.1, 0.15) is 20.3 Å². The zero-order chi connectivity index (χ0) is 11.7. The first-order chi connectivity index (χ1) is 7.06. The van der Waals surface area contributed by atoms with E-state index < -0.39 is 0 Å². The summed E-state index contributed by atoms with van der Waals surface area (Å²) in [6.45, 7) is 6.00. The van der Waals surface area contributed by atoms with Gasteiger partial charge < -0.3 is 15.0 Å². The Morgan fingerprint density at radius 3 is 2.67 bits per heavy atom. The molecular weight excluding hydrogens is 192 g/mol. The van der Waals surface area contributed by atoms with E-state index >= 15 is 0 Å². The van der Waals surface area contributed by atoms with E-state index in [0.717, 1.165) is 25.2 Å². The lowest BCUT2D eigenvalue weighted by Crippen LogP contribution is -2.20. The smallest absolute Gasteiger partial charge is 0.332 e. The van der Waals surface area contributed by atoms with Crippen LogP contribution in [0.3, 0.4) is 0 Å². The molecule has 0 fully saturated rings. The number of nitrogens with zero attached hydrogens (tertiary/aromatic N) is 1. The fourth-order valence-electron chi connectivity index (χ4n) is 1.09. The Hall–Kier alpha value is -1.03. The summed E-state index contributed by atoms with van der Waals surface area (Å²) < 4.78 is 4.79. The number of carbonyl (C=O) groups is 1. The molecule has 4 nitrogen and oxygen atoms in total. The molecule has 0 saturated heterocycles. The normalized spacial score (nSPS) is 11.7. The van der Waals surface area contributed by atoms with Gasteiger partial charge in [0.05, 0.1) is 6.61 Å². The predicted octanol–water partition coefficient (Wildman–Crippen LogP) is 0.995. The van der Waals surface area contributed by atoms with Crippen LogP contribution in [0.5, 0.6) is 0 Å². The van der Waals surface area contributed by atoms with Crippen molar-refractivity contribution in [2.75, 3.05) is 33.8 Å². The predicted molar refractivity (Wildman–Crippen MR) is 61.6 cm³/mol. The third-order valence-electron chi connectivity index (χ3n) is 1.81. The Morgan fingerprint density at radius 1 is 1.47 bits per heavy atom. The van der Waals surface area contributed by atoms with E-state index in [-0.39, 0.29) is 5.97 Å². The van der Waals surface area contributed by atoms with E-state index in [1.165, 1.54) is 6.08 Å². The van der Waals surface area contributed by atoms with Gasteiger partial charge in [-0.05, 0) is 40.9 Å². The Kier molecular flexibility index (Phi) is 7.72. The van der Waals surface area contributed by atoms with Gasteiger partial charge in [-0.25, -0.2) is 4.79 Å². The van der Waals surface area contributed by atoms with Crippen molar-refractivity contribution in [2.24, 2.45) is 0 Å². The molecule has 0 aliphatic heterocycles. The molecule has 0 heterocycles. The molecule has 1 N–H and O–H groups in total. The zero-order valence-electron chi connectivity index (χ0n) is 10.2. The van der Waals surface area contributed by atoms with Crippen molar-refractivity contribution >= 4 is 5.97 Å². The lowest BCUT2D eigenvalue weighted by molar-refractivity contribution is -0.137. The van der Waals surface area contributed by atoms with Gasteiger partial charge in [0.25, 0.3) is 0 Å². The number of hydrogen-bond acceptors (Lipinski definition) is 4. The number of ether oxygens (including phenoxy) is 1. The van der Waals surface area contributed by atoms with Crippen molar-refractivity contribution in [2.45, 2.75) is 20.3 Å². The molecule has 0 aromatic heterocycles. The molecule has 0 rings (SSSR count). The Morgan fingerprint density at radius 2 is 2.13 bits per heavy atom. The van der Waals surface area contributed by atoms with Crippen molar-refractivity contribution in [3.8, 4) is 0 Å². The first-order valence-corrected chi connectivity index (χ1v) is 5.30. The van der Waals surface area contributed by atoms with Crippen LogP contribution in [-0.2, 0) is 9.53 Å². The molecule has 0 atom stereocenters. The summed E-state index contributed by atoms with van der Waals surface area (Å²) in [6.07, 6.45) is 2.54. The van der Waals surface area contributed by atoms with Gasteiger partial charge in [-0.3, -0.25) is 0 Å². The van der Waals surface area contributed by atoms with Gasteiger partial charge in [-0.2, -0.15) is 0 Å². The van der Waals surface area contributed by atoms with Gasteiger partial charge in [0.1, 0.15) is 0 Å². The monoisotopic (exact) mass is 214 g/mol. The third-order valence-corrected chi connectivity index (χ3v) is 1.81. The molecule has 0 spiro atoms. The standard InChI is InChI=1S/C11H22N2O2/c1-5-15-11(14)9-10(2)12-7-6-8-13(3)4/h9,12H,5-8H2,1-4H3/b10-9+. The highest BCUT2D eigenvalue weighted by atomic mass is 16.5. The second-order valence-corrected chi connectivity index (χ2v) is 3.66. The molecule has 0 amide bonds. The second kappa shape index (κ2) is 8.29. The largest absolute Gasteiger partial charge is 0.463 e. The van der Waals surface area contributed by atoms with E-state index in [2.05, 4.69) is 10.2 Å². The van der Waals surface area contributed by atoms with Crippen molar-refractivity contribution in [1.82, 2.24) is 10.2 Å². The van der Waals surface area contributed by atoms with Crippen LogP contribution in [0.25, 0.3) is 0 Å². The van der Waals surface area contributed by atoms with Crippen molar-refractivity contribution in [3.05, 3.63) is 11.8 Å². The minimum Gasteiger partial charge on any atom is -0.463 e. The second-order valence-electron chi connectivity index (χ2n) is 3.66. The van der Waals surface area contributed by atoms with Crippen LogP contribution in [0.2, 0.25) is 0 Å². The van der Waals surface area contributed by atoms with E-state index in [1.54, 1.807) is 6.92 Å². The molecule has 88 valence electrons. The molecular formula is C11H22N2O2. The maximum absolute atomic E-state index is 11.0. The molecule has 0 radical (unpaired) electrons. The van der Waals surface area contributed by atoms with Gasteiger partial charge in [-0.1, -0.05) is 0 Å². The number of esters is 1. The van der Waals surface area contributed by atoms with Crippen LogP contribution >= 0.6 is 0 Å². The first-order valence-electron chi connectivity index (χ1n) is 5.30. The third kappa shape index (κ3) is 9.28. The zero-order valence-corrected chi connectivity index (χ0v) is 10.2. The summed E-state index contributed by atoms with van der Waals surface area (Å²) in [5.41, 5.74) is 0.854. The maximum Gasteiger partial charge on any atom is 0.332 e. The summed E-state index contributed by atoms with van der Waals surface area (Å²) >= 11 is 0. The summed E-state index contributed by atoms with van der Waals surface area (Å²) in [4.78, 5) is 13.2. The maximum atomic E-state index is 11.0. The molecule has 4 heteroatoms. The van der Waals surface area contributed by atoms with Crippen LogP contribution in [-0.4, -0.2) is 44.7 Å². The minimum absolute atomic E-state index is 0.282.